The van der Waals surface area contributed by atoms with Gasteiger partial charge in [-0.2, -0.15) is 0 Å². The van der Waals surface area contributed by atoms with Gasteiger partial charge in [0.15, 0.2) is 0 Å². The van der Waals surface area contributed by atoms with Crippen molar-refractivity contribution in [3.8, 4) is 0 Å². The number of benzene rings is 2. The summed E-state index contributed by atoms with van der Waals surface area (Å²) in [6, 6.07) is 14.2. The molecule has 0 saturated heterocycles. The van der Waals surface area contributed by atoms with E-state index in [4.69, 9.17) is 0 Å². The van der Waals surface area contributed by atoms with Gasteiger partial charge in [-0.1, -0.05) is 49.1 Å². The van der Waals surface area contributed by atoms with Crippen molar-refractivity contribution in [1.82, 2.24) is 0 Å². The summed E-state index contributed by atoms with van der Waals surface area (Å²) in [6.07, 6.45) is 1.26. The highest BCUT2D eigenvalue weighted by Crippen LogP contribution is 2.41. The van der Waals surface area contributed by atoms with Crippen LogP contribution in [0.4, 0.5) is 0 Å². The normalized spacial score (nSPS) is 17.5. The van der Waals surface area contributed by atoms with Gasteiger partial charge in [0.05, 0.1) is 0 Å². The molecule has 1 nitrogen and oxygen atoms in total. The minimum absolute atomic E-state index is 0.555. The van der Waals surface area contributed by atoms with Gasteiger partial charge in [0, 0.05) is 16.2 Å². The quantitative estimate of drug-likeness (QED) is 0.829. The molecule has 18 heavy (non-hydrogen) atoms. The number of hydrogen-bond donors (Lipinski definition) is 1. The molecule has 0 aromatic heterocycles. The Morgan fingerprint density at radius 2 is 2.00 bits per heavy atom. The SMILES string of the molecule is C=Cc1cccc2c1C(O)c1ccccc1CS2. The summed E-state index contributed by atoms with van der Waals surface area (Å²) in [4.78, 5) is 1.15. The molecular weight excluding hydrogens is 240 g/mol. The second-order valence-corrected chi connectivity index (χ2v) is 5.37. The number of aliphatic hydroxyl groups excluding tert-OH is 1. The molecule has 2 aromatic rings. The number of thioether (sulfide) groups is 1. The van der Waals surface area contributed by atoms with Crippen molar-refractivity contribution < 1.29 is 5.11 Å². The van der Waals surface area contributed by atoms with E-state index in [9.17, 15) is 5.11 Å². The average molecular weight is 254 g/mol. The van der Waals surface area contributed by atoms with E-state index in [0.29, 0.717) is 0 Å². The second kappa shape index (κ2) is 4.63. The van der Waals surface area contributed by atoms with Crippen LogP contribution < -0.4 is 0 Å². The number of rotatable bonds is 1. The molecule has 2 heteroatoms. The zero-order chi connectivity index (χ0) is 12.5. The monoisotopic (exact) mass is 254 g/mol. The van der Waals surface area contributed by atoms with E-state index >= 15 is 0 Å². The van der Waals surface area contributed by atoms with Crippen LogP contribution >= 0.6 is 11.8 Å². The Kier molecular flexibility index (Phi) is 2.98. The zero-order valence-electron chi connectivity index (χ0n) is 9.97. The molecule has 1 aliphatic heterocycles. The van der Waals surface area contributed by atoms with Crippen LogP contribution in [0.1, 0.15) is 28.4 Å². The lowest BCUT2D eigenvalue weighted by atomic mass is 9.94. The van der Waals surface area contributed by atoms with E-state index in [1.54, 1.807) is 11.8 Å². The minimum Gasteiger partial charge on any atom is -0.384 e. The van der Waals surface area contributed by atoms with Gasteiger partial charge in [-0.3, -0.25) is 0 Å². The van der Waals surface area contributed by atoms with Gasteiger partial charge in [-0.15, -0.1) is 11.8 Å². The summed E-state index contributed by atoms with van der Waals surface area (Å²) in [6.45, 7) is 3.84. The third kappa shape index (κ3) is 1.78. The van der Waals surface area contributed by atoms with Gasteiger partial charge < -0.3 is 5.11 Å². The molecule has 0 radical (unpaired) electrons. The molecule has 1 heterocycles. The van der Waals surface area contributed by atoms with Gasteiger partial charge in [0.1, 0.15) is 6.10 Å². The molecule has 1 atom stereocenters. The number of hydrogen-bond acceptors (Lipinski definition) is 2. The van der Waals surface area contributed by atoms with E-state index in [1.807, 2.05) is 36.4 Å². The first-order valence-electron chi connectivity index (χ1n) is 5.95. The van der Waals surface area contributed by atoms with Crippen LogP contribution in [0.5, 0.6) is 0 Å². The Hall–Kier alpha value is -1.51. The average Bonchev–Trinajstić information content (AvgIpc) is 2.57. The van der Waals surface area contributed by atoms with Crippen LogP contribution in [-0.4, -0.2) is 5.11 Å². The maximum Gasteiger partial charge on any atom is 0.106 e. The zero-order valence-corrected chi connectivity index (χ0v) is 10.8. The van der Waals surface area contributed by atoms with Crippen molar-refractivity contribution in [3.63, 3.8) is 0 Å². The van der Waals surface area contributed by atoms with Gasteiger partial charge in [-0.05, 0) is 22.8 Å². The molecule has 1 unspecified atom stereocenters. The lowest BCUT2D eigenvalue weighted by Crippen LogP contribution is -2.03. The highest BCUT2D eigenvalue weighted by molar-refractivity contribution is 7.98. The second-order valence-electron chi connectivity index (χ2n) is 4.35. The van der Waals surface area contributed by atoms with E-state index in [0.717, 1.165) is 27.3 Å². The Labute approximate surface area is 111 Å². The van der Waals surface area contributed by atoms with Crippen molar-refractivity contribution >= 4 is 17.8 Å². The molecule has 0 fully saturated rings. The number of aliphatic hydroxyl groups is 1. The van der Waals surface area contributed by atoms with Gasteiger partial charge >= 0.3 is 0 Å². The van der Waals surface area contributed by atoms with Crippen LogP contribution in [0, 0.1) is 0 Å². The van der Waals surface area contributed by atoms with E-state index in [2.05, 4.69) is 18.7 Å². The highest BCUT2D eigenvalue weighted by atomic mass is 32.2. The first-order valence-corrected chi connectivity index (χ1v) is 6.94. The predicted molar refractivity (Wildman–Crippen MR) is 76.6 cm³/mol. The Bertz CT molecular complexity index is 604. The fraction of sp³-hybridized carbons (Fsp3) is 0.125. The van der Waals surface area contributed by atoms with Crippen molar-refractivity contribution in [2.45, 2.75) is 16.8 Å². The first-order chi connectivity index (χ1) is 8.81. The predicted octanol–water partition coefficient (Wildman–Crippen LogP) is 4.02. The fourth-order valence-corrected chi connectivity index (χ4v) is 3.53. The summed E-state index contributed by atoms with van der Waals surface area (Å²) in [5.41, 5.74) is 4.23. The van der Waals surface area contributed by atoms with Crippen molar-refractivity contribution in [1.29, 1.82) is 0 Å². The summed E-state index contributed by atoms with van der Waals surface area (Å²) in [7, 11) is 0. The highest BCUT2D eigenvalue weighted by Gasteiger charge is 2.23. The summed E-state index contributed by atoms with van der Waals surface area (Å²) in [5, 5.41) is 10.6. The standard InChI is InChI=1S/C16H14OS/c1-2-11-7-5-9-14-15(11)16(17)13-8-4-3-6-12(13)10-18-14/h2-9,16-17H,1,10H2. The largest absolute Gasteiger partial charge is 0.384 e. The fourth-order valence-electron chi connectivity index (χ4n) is 2.40. The van der Waals surface area contributed by atoms with Crippen LogP contribution in [0.3, 0.4) is 0 Å². The molecule has 0 amide bonds. The molecule has 0 spiro atoms. The summed E-state index contributed by atoms with van der Waals surface area (Å²) < 4.78 is 0. The number of fused-ring (bicyclic) bond motifs is 2. The van der Waals surface area contributed by atoms with E-state index < -0.39 is 6.10 Å². The van der Waals surface area contributed by atoms with Gasteiger partial charge in [0.25, 0.3) is 0 Å². The molecule has 3 rings (SSSR count). The third-order valence-corrected chi connectivity index (χ3v) is 4.45. The van der Waals surface area contributed by atoms with E-state index in [1.165, 1.54) is 5.56 Å². The summed E-state index contributed by atoms with van der Waals surface area (Å²) >= 11 is 1.78. The van der Waals surface area contributed by atoms with Crippen molar-refractivity contribution in [2.75, 3.05) is 0 Å². The van der Waals surface area contributed by atoms with Crippen molar-refractivity contribution in [2.24, 2.45) is 0 Å². The molecule has 90 valence electrons. The molecule has 0 aliphatic carbocycles. The molecule has 0 saturated carbocycles. The maximum absolute atomic E-state index is 10.6. The molecule has 1 aliphatic rings. The smallest absolute Gasteiger partial charge is 0.106 e. The maximum atomic E-state index is 10.6. The van der Waals surface area contributed by atoms with Gasteiger partial charge in [-0.25, -0.2) is 0 Å². The lowest BCUT2D eigenvalue weighted by Gasteiger charge is -2.16. The molecule has 2 aromatic carbocycles. The van der Waals surface area contributed by atoms with Crippen LogP contribution in [-0.2, 0) is 5.75 Å². The molecule has 0 bridgehead atoms. The van der Waals surface area contributed by atoms with E-state index in [-0.39, 0.29) is 0 Å². The Balaban J connectivity index is 2.23. The molecular formula is C16H14OS. The topological polar surface area (TPSA) is 20.2 Å². The minimum atomic E-state index is -0.555. The van der Waals surface area contributed by atoms with Crippen LogP contribution in [0.15, 0.2) is 53.9 Å². The Morgan fingerprint density at radius 3 is 2.83 bits per heavy atom. The van der Waals surface area contributed by atoms with Gasteiger partial charge in [0.2, 0.25) is 0 Å². The van der Waals surface area contributed by atoms with Crippen LogP contribution in [0.2, 0.25) is 0 Å². The first kappa shape index (κ1) is 11.6. The summed E-state index contributed by atoms with van der Waals surface area (Å²) in [5.74, 6) is 0.904. The Morgan fingerprint density at radius 1 is 1.17 bits per heavy atom. The van der Waals surface area contributed by atoms with Crippen LogP contribution in [0.25, 0.3) is 6.08 Å². The lowest BCUT2D eigenvalue weighted by molar-refractivity contribution is 0.217. The third-order valence-electron chi connectivity index (χ3n) is 3.33. The van der Waals surface area contributed by atoms with Crippen molar-refractivity contribution in [3.05, 3.63) is 71.3 Å². The molecule has 1 N–H and O–H groups in total.